The fourth-order valence-corrected chi connectivity index (χ4v) is 1.07. The van der Waals surface area contributed by atoms with Crippen LogP contribution in [0.5, 0.6) is 0 Å². The summed E-state index contributed by atoms with van der Waals surface area (Å²) in [6.45, 7) is 4.41. The zero-order valence-corrected chi connectivity index (χ0v) is 6.96. The summed E-state index contributed by atoms with van der Waals surface area (Å²) >= 11 is 0. The summed E-state index contributed by atoms with van der Waals surface area (Å²) in [4.78, 5) is 10.8. The van der Waals surface area contributed by atoms with E-state index in [2.05, 4.69) is 0 Å². The van der Waals surface area contributed by atoms with Crippen molar-refractivity contribution in [2.24, 2.45) is 5.41 Å². The molecule has 0 amide bonds. The molecule has 1 saturated heterocycles. The lowest BCUT2D eigenvalue weighted by molar-refractivity contribution is -0.148. The van der Waals surface area contributed by atoms with Crippen molar-refractivity contribution in [1.82, 2.24) is 0 Å². The van der Waals surface area contributed by atoms with Crippen LogP contribution < -0.4 is 0 Å². The molecule has 0 aromatic heterocycles. The van der Waals surface area contributed by atoms with Crippen molar-refractivity contribution in [3.05, 3.63) is 0 Å². The lowest BCUT2D eigenvalue weighted by Crippen LogP contribution is -2.28. The second kappa shape index (κ2) is 2.81. The van der Waals surface area contributed by atoms with Gasteiger partial charge in [-0.1, -0.05) is 6.92 Å². The molecule has 11 heavy (non-hydrogen) atoms. The van der Waals surface area contributed by atoms with E-state index < -0.39 is 11.4 Å². The quantitative estimate of drug-likeness (QED) is 0.627. The van der Waals surface area contributed by atoms with Crippen LogP contribution in [0.2, 0.25) is 0 Å². The number of ether oxygens (including phenoxy) is 1. The maximum atomic E-state index is 10.8. The highest BCUT2D eigenvalue weighted by Crippen LogP contribution is 2.32. The molecule has 1 rings (SSSR count). The van der Waals surface area contributed by atoms with Crippen molar-refractivity contribution in [1.29, 1.82) is 0 Å². The minimum atomic E-state index is -0.712. The van der Waals surface area contributed by atoms with Crippen molar-refractivity contribution in [3.63, 3.8) is 0 Å². The van der Waals surface area contributed by atoms with E-state index in [0.29, 0.717) is 12.8 Å². The highest BCUT2D eigenvalue weighted by molar-refractivity contribution is 5.74. The first-order valence-corrected chi connectivity index (χ1v) is 3.93. The first-order chi connectivity index (χ1) is 5.08. The molecule has 2 atom stereocenters. The van der Waals surface area contributed by atoms with Gasteiger partial charge in [0, 0.05) is 0 Å². The second-order valence-corrected chi connectivity index (χ2v) is 3.38. The van der Waals surface area contributed by atoms with Gasteiger partial charge in [-0.15, -0.1) is 0 Å². The van der Waals surface area contributed by atoms with E-state index in [1.165, 1.54) is 0 Å². The number of carboxylic acids is 1. The Morgan fingerprint density at radius 2 is 2.36 bits per heavy atom. The highest BCUT2D eigenvalue weighted by atomic mass is 16.6. The number of hydrogen-bond acceptors (Lipinski definition) is 2. The van der Waals surface area contributed by atoms with Gasteiger partial charge >= 0.3 is 5.97 Å². The zero-order chi connectivity index (χ0) is 8.48. The van der Waals surface area contributed by atoms with Crippen LogP contribution >= 0.6 is 0 Å². The number of aliphatic carboxylic acids is 1. The molecule has 3 heteroatoms. The molecule has 0 spiro atoms. The van der Waals surface area contributed by atoms with Gasteiger partial charge < -0.3 is 9.84 Å². The molecule has 1 N–H and O–H groups in total. The van der Waals surface area contributed by atoms with Crippen LogP contribution in [0.3, 0.4) is 0 Å². The van der Waals surface area contributed by atoms with Gasteiger partial charge in [0.25, 0.3) is 0 Å². The Morgan fingerprint density at radius 1 is 1.82 bits per heavy atom. The summed E-state index contributed by atoms with van der Waals surface area (Å²) in [6, 6.07) is 0. The Kier molecular flexibility index (Phi) is 2.18. The Morgan fingerprint density at radius 3 is 2.64 bits per heavy atom. The summed E-state index contributed by atoms with van der Waals surface area (Å²) < 4.78 is 4.99. The number of hydrogen-bond donors (Lipinski definition) is 1. The van der Waals surface area contributed by atoms with Crippen molar-refractivity contribution in [3.8, 4) is 0 Å². The number of rotatable bonds is 4. The first-order valence-electron chi connectivity index (χ1n) is 3.93. The number of carboxylic acid groups (broad SMARTS) is 1. The van der Waals surface area contributed by atoms with Gasteiger partial charge in [-0.3, -0.25) is 4.79 Å². The lowest BCUT2D eigenvalue weighted by Gasteiger charge is -2.21. The fraction of sp³-hybridized carbons (Fsp3) is 0.875. The summed E-state index contributed by atoms with van der Waals surface area (Å²) in [6.07, 6.45) is 1.53. The third-order valence-corrected chi connectivity index (χ3v) is 2.38. The number of epoxide rings is 1. The predicted molar refractivity (Wildman–Crippen MR) is 40.4 cm³/mol. The third-order valence-electron chi connectivity index (χ3n) is 2.38. The molecule has 2 unspecified atom stereocenters. The molecule has 0 radical (unpaired) electrons. The molecule has 1 heterocycles. The Bertz CT molecular complexity index is 163. The fourth-order valence-electron chi connectivity index (χ4n) is 1.07. The smallest absolute Gasteiger partial charge is 0.309 e. The molecule has 64 valence electrons. The van der Waals surface area contributed by atoms with Crippen molar-refractivity contribution in [2.45, 2.75) is 32.8 Å². The van der Waals surface area contributed by atoms with Gasteiger partial charge in [0.15, 0.2) is 0 Å². The highest BCUT2D eigenvalue weighted by Gasteiger charge is 2.38. The Labute approximate surface area is 66.4 Å². The van der Waals surface area contributed by atoms with Crippen LogP contribution in [0.4, 0.5) is 0 Å². The third kappa shape index (κ3) is 1.93. The van der Waals surface area contributed by atoms with Gasteiger partial charge in [0.2, 0.25) is 0 Å². The lowest BCUT2D eigenvalue weighted by atomic mass is 9.83. The van der Waals surface area contributed by atoms with E-state index in [-0.39, 0.29) is 6.10 Å². The van der Waals surface area contributed by atoms with E-state index in [9.17, 15) is 4.79 Å². The van der Waals surface area contributed by atoms with Crippen LogP contribution in [0.25, 0.3) is 0 Å². The first kappa shape index (κ1) is 8.53. The maximum Gasteiger partial charge on any atom is 0.309 e. The molecule has 0 saturated carbocycles. The molecule has 1 fully saturated rings. The molecule has 1 aliphatic heterocycles. The molecule has 0 aliphatic carbocycles. The largest absolute Gasteiger partial charge is 0.481 e. The van der Waals surface area contributed by atoms with Gasteiger partial charge in [-0.25, -0.2) is 0 Å². The van der Waals surface area contributed by atoms with Crippen molar-refractivity contribution >= 4 is 5.97 Å². The SMILES string of the molecule is CCC(C)(CC1CO1)C(=O)O. The van der Waals surface area contributed by atoms with Crippen LogP contribution in [0.15, 0.2) is 0 Å². The average molecular weight is 158 g/mol. The maximum absolute atomic E-state index is 10.8. The summed E-state index contributed by atoms with van der Waals surface area (Å²) in [5, 5.41) is 8.85. The Hall–Kier alpha value is -0.570. The minimum absolute atomic E-state index is 0.205. The molecule has 0 bridgehead atoms. The standard InChI is InChI=1S/C8H14O3/c1-3-8(2,7(9)10)4-6-5-11-6/h6H,3-5H2,1-2H3,(H,9,10). The van der Waals surface area contributed by atoms with Gasteiger partial charge in [-0.05, 0) is 19.8 Å². The van der Waals surface area contributed by atoms with E-state index >= 15 is 0 Å². The molecule has 1 aliphatic rings. The van der Waals surface area contributed by atoms with Crippen molar-refractivity contribution in [2.75, 3.05) is 6.61 Å². The van der Waals surface area contributed by atoms with E-state index in [1.807, 2.05) is 6.92 Å². The van der Waals surface area contributed by atoms with E-state index in [1.54, 1.807) is 6.92 Å². The molecule has 0 aromatic carbocycles. The molecular weight excluding hydrogens is 144 g/mol. The van der Waals surface area contributed by atoms with Crippen LogP contribution in [0.1, 0.15) is 26.7 Å². The molecule has 3 nitrogen and oxygen atoms in total. The van der Waals surface area contributed by atoms with Gasteiger partial charge in [-0.2, -0.15) is 0 Å². The van der Waals surface area contributed by atoms with Crippen molar-refractivity contribution < 1.29 is 14.6 Å². The predicted octanol–water partition coefficient (Wildman–Crippen LogP) is 1.28. The summed E-state index contributed by atoms with van der Waals surface area (Å²) in [7, 11) is 0. The van der Waals surface area contributed by atoms with Crippen LogP contribution in [-0.2, 0) is 9.53 Å². The van der Waals surface area contributed by atoms with Gasteiger partial charge in [0.05, 0.1) is 18.1 Å². The van der Waals surface area contributed by atoms with E-state index in [0.717, 1.165) is 6.61 Å². The molecule has 0 aromatic rings. The van der Waals surface area contributed by atoms with Crippen LogP contribution in [-0.4, -0.2) is 23.8 Å². The van der Waals surface area contributed by atoms with Crippen LogP contribution in [0, 0.1) is 5.41 Å². The molecular formula is C8H14O3. The summed E-state index contributed by atoms with van der Waals surface area (Å²) in [5.41, 5.74) is -0.582. The average Bonchev–Trinajstić information content (AvgIpc) is 2.71. The Balaban J connectivity index is 2.49. The normalized spacial score (nSPS) is 27.6. The number of carbonyl (C=O) groups is 1. The van der Waals surface area contributed by atoms with E-state index in [4.69, 9.17) is 9.84 Å². The zero-order valence-electron chi connectivity index (χ0n) is 6.96. The minimum Gasteiger partial charge on any atom is -0.481 e. The van der Waals surface area contributed by atoms with Gasteiger partial charge in [0.1, 0.15) is 0 Å². The monoisotopic (exact) mass is 158 g/mol. The second-order valence-electron chi connectivity index (χ2n) is 3.38. The summed E-state index contributed by atoms with van der Waals surface area (Å²) in [5.74, 6) is -0.712. The topological polar surface area (TPSA) is 49.8 Å².